The summed E-state index contributed by atoms with van der Waals surface area (Å²) in [7, 11) is 0. The third kappa shape index (κ3) is 2.19. The second-order valence-electron chi connectivity index (χ2n) is 2.29. The second-order valence-corrected chi connectivity index (χ2v) is 2.29. The first-order valence-electron chi connectivity index (χ1n) is 3.55. The fourth-order valence-corrected chi connectivity index (χ4v) is 0.824. The summed E-state index contributed by atoms with van der Waals surface area (Å²) in [6, 6.07) is 0. The Bertz CT molecular complexity index is 252. The smallest absolute Gasteiger partial charge is 0.343 e. The van der Waals surface area contributed by atoms with E-state index >= 15 is 0 Å². The zero-order chi connectivity index (χ0) is 8.10. The van der Waals surface area contributed by atoms with E-state index in [1.54, 1.807) is 0 Å². The average molecular weight is 157 g/mol. The molecule has 0 aliphatic rings. The predicted molar refractivity (Wildman–Crippen MR) is 39.2 cm³/mol. The van der Waals surface area contributed by atoms with Crippen molar-refractivity contribution in [2.75, 3.05) is 6.61 Å². The van der Waals surface area contributed by atoms with E-state index in [0.29, 0.717) is 6.54 Å². The maximum absolute atomic E-state index is 10.8. The lowest BCUT2D eigenvalue weighted by atomic mass is 10.3. The lowest BCUT2D eigenvalue weighted by Gasteiger charge is -1.96. The van der Waals surface area contributed by atoms with Crippen LogP contribution < -0.4 is 5.69 Å². The molecule has 1 aromatic rings. The van der Waals surface area contributed by atoms with Gasteiger partial charge in [-0.25, -0.2) is 9.89 Å². The van der Waals surface area contributed by atoms with Gasteiger partial charge in [0.05, 0.1) is 0 Å². The molecular weight excluding hydrogens is 146 g/mol. The van der Waals surface area contributed by atoms with Crippen LogP contribution in [-0.4, -0.2) is 26.5 Å². The maximum Gasteiger partial charge on any atom is 0.343 e. The van der Waals surface area contributed by atoms with Crippen molar-refractivity contribution in [1.82, 2.24) is 14.8 Å². The number of nitrogens with zero attached hydrogens (tertiary/aromatic N) is 2. The molecule has 0 amide bonds. The molecule has 2 N–H and O–H groups in total. The van der Waals surface area contributed by atoms with Crippen LogP contribution in [0.5, 0.6) is 0 Å². The van der Waals surface area contributed by atoms with E-state index in [1.807, 2.05) is 0 Å². The van der Waals surface area contributed by atoms with Gasteiger partial charge in [-0.1, -0.05) is 0 Å². The van der Waals surface area contributed by atoms with Gasteiger partial charge in [-0.15, -0.1) is 0 Å². The monoisotopic (exact) mass is 157 g/mol. The van der Waals surface area contributed by atoms with Crippen LogP contribution in [0, 0.1) is 0 Å². The van der Waals surface area contributed by atoms with Crippen molar-refractivity contribution in [1.29, 1.82) is 0 Å². The fourth-order valence-electron chi connectivity index (χ4n) is 0.824. The van der Waals surface area contributed by atoms with Crippen LogP contribution in [0.1, 0.15) is 12.8 Å². The molecule has 0 unspecified atom stereocenters. The first-order valence-corrected chi connectivity index (χ1v) is 3.55. The van der Waals surface area contributed by atoms with Gasteiger partial charge in [0.15, 0.2) is 0 Å². The first kappa shape index (κ1) is 8.00. The number of unbranched alkanes of at least 4 members (excludes halogenated alkanes) is 1. The quantitative estimate of drug-likeness (QED) is 0.570. The van der Waals surface area contributed by atoms with Crippen LogP contribution in [0.15, 0.2) is 11.1 Å². The summed E-state index contributed by atoms with van der Waals surface area (Å²) < 4.78 is 1.48. The van der Waals surface area contributed by atoms with Gasteiger partial charge in [0.2, 0.25) is 0 Å². The third-order valence-corrected chi connectivity index (χ3v) is 1.43. The van der Waals surface area contributed by atoms with Gasteiger partial charge in [-0.2, -0.15) is 5.10 Å². The molecule has 0 aliphatic heterocycles. The standard InChI is InChI=1S/C6H11N3O2/c10-4-2-1-3-9-5-7-8-6(9)11/h5,10H,1-4H2,(H,8,11). The highest BCUT2D eigenvalue weighted by Gasteiger charge is 1.94. The molecule has 0 radical (unpaired) electrons. The summed E-state index contributed by atoms with van der Waals surface area (Å²) in [6.07, 6.45) is 2.98. The third-order valence-electron chi connectivity index (χ3n) is 1.43. The highest BCUT2D eigenvalue weighted by atomic mass is 16.2. The number of H-pyrrole nitrogens is 1. The molecule has 11 heavy (non-hydrogen) atoms. The van der Waals surface area contributed by atoms with Crippen molar-refractivity contribution < 1.29 is 5.11 Å². The topological polar surface area (TPSA) is 70.9 Å². The van der Waals surface area contributed by atoms with E-state index in [0.717, 1.165) is 12.8 Å². The van der Waals surface area contributed by atoms with Crippen LogP contribution in [-0.2, 0) is 6.54 Å². The van der Waals surface area contributed by atoms with E-state index in [9.17, 15) is 4.79 Å². The zero-order valence-corrected chi connectivity index (χ0v) is 6.16. The fraction of sp³-hybridized carbons (Fsp3) is 0.667. The molecule has 1 rings (SSSR count). The summed E-state index contributed by atoms with van der Waals surface area (Å²) in [5.74, 6) is 0. The van der Waals surface area contributed by atoms with Crippen molar-refractivity contribution in [2.45, 2.75) is 19.4 Å². The van der Waals surface area contributed by atoms with Gasteiger partial charge >= 0.3 is 5.69 Å². The molecule has 5 nitrogen and oxygen atoms in total. The number of hydrogen-bond donors (Lipinski definition) is 2. The van der Waals surface area contributed by atoms with Gasteiger partial charge in [-0.05, 0) is 12.8 Å². The minimum absolute atomic E-state index is 0.173. The number of aromatic nitrogens is 3. The normalized spacial score (nSPS) is 10.3. The number of nitrogens with one attached hydrogen (secondary N) is 1. The molecule has 0 saturated heterocycles. The van der Waals surface area contributed by atoms with Crippen molar-refractivity contribution >= 4 is 0 Å². The highest BCUT2D eigenvalue weighted by Crippen LogP contribution is 1.89. The van der Waals surface area contributed by atoms with Gasteiger partial charge in [0, 0.05) is 13.2 Å². The molecule has 1 heterocycles. The Morgan fingerprint density at radius 1 is 1.64 bits per heavy atom. The lowest BCUT2D eigenvalue weighted by molar-refractivity contribution is 0.281. The molecule has 0 saturated carbocycles. The number of hydrogen-bond acceptors (Lipinski definition) is 3. The largest absolute Gasteiger partial charge is 0.396 e. The highest BCUT2D eigenvalue weighted by molar-refractivity contribution is 4.62. The Labute approximate surface area is 63.7 Å². The number of aliphatic hydroxyl groups excluding tert-OH is 1. The summed E-state index contributed by atoms with van der Waals surface area (Å²) in [5.41, 5.74) is -0.192. The summed E-state index contributed by atoms with van der Waals surface area (Å²) in [4.78, 5) is 10.8. The average Bonchev–Trinajstić information content (AvgIpc) is 2.37. The van der Waals surface area contributed by atoms with E-state index in [-0.39, 0.29) is 12.3 Å². The molecule has 1 aromatic heterocycles. The first-order chi connectivity index (χ1) is 5.34. The Morgan fingerprint density at radius 2 is 2.45 bits per heavy atom. The second kappa shape index (κ2) is 3.92. The van der Waals surface area contributed by atoms with Gasteiger partial charge in [0.1, 0.15) is 6.33 Å². The van der Waals surface area contributed by atoms with Crippen molar-refractivity contribution in [3.8, 4) is 0 Å². The van der Waals surface area contributed by atoms with E-state index in [2.05, 4.69) is 10.2 Å². The molecule has 5 heteroatoms. The van der Waals surface area contributed by atoms with Crippen LogP contribution in [0.4, 0.5) is 0 Å². The van der Waals surface area contributed by atoms with Gasteiger partial charge in [0.25, 0.3) is 0 Å². The van der Waals surface area contributed by atoms with Crippen LogP contribution in [0.2, 0.25) is 0 Å². The molecule has 0 fully saturated rings. The Morgan fingerprint density at radius 3 is 3.00 bits per heavy atom. The van der Waals surface area contributed by atoms with Gasteiger partial charge < -0.3 is 5.11 Å². The number of aliphatic hydroxyl groups is 1. The SMILES string of the molecule is O=c1[nH]ncn1CCCCO. The van der Waals surface area contributed by atoms with E-state index in [1.165, 1.54) is 10.9 Å². The van der Waals surface area contributed by atoms with Crippen molar-refractivity contribution in [2.24, 2.45) is 0 Å². The minimum Gasteiger partial charge on any atom is -0.396 e. The molecule has 0 aromatic carbocycles. The summed E-state index contributed by atoms with van der Waals surface area (Å²) in [6.45, 7) is 0.794. The van der Waals surface area contributed by atoms with Crippen LogP contribution in [0.25, 0.3) is 0 Å². The Balaban J connectivity index is 2.39. The van der Waals surface area contributed by atoms with Gasteiger partial charge in [-0.3, -0.25) is 4.57 Å². The van der Waals surface area contributed by atoms with Crippen molar-refractivity contribution in [3.05, 3.63) is 16.8 Å². The zero-order valence-electron chi connectivity index (χ0n) is 6.16. The maximum atomic E-state index is 10.8. The molecule has 0 spiro atoms. The van der Waals surface area contributed by atoms with Crippen molar-refractivity contribution in [3.63, 3.8) is 0 Å². The Kier molecular flexibility index (Phi) is 2.85. The lowest BCUT2D eigenvalue weighted by Crippen LogP contribution is -2.16. The van der Waals surface area contributed by atoms with Crippen LogP contribution >= 0.6 is 0 Å². The molecule has 62 valence electrons. The molecule has 0 bridgehead atoms. The minimum atomic E-state index is -0.192. The summed E-state index contributed by atoms with van der Waals surface area (Å²) >= 11 is 0. The van der Waals surface area contributed by atoms with E-state index in [4.69, 9.17) is 5.11 Å². The molecule has 0 atom stereocenters. The number of aryl methyl sites for hydroxylation is 1. The summed E-state index contributed by atoms with van der Waals surface area (Å²) in [5, 5.41) is 14.3. The molecule has 0 aliphatic carbocycles. The molecular formula is C6H11N3O2. The Hall–Kier alpha value is -1.10. The number of rotatable bonds is 4. The number of aromatic amines is 1. The van der Waals surface area contributed by atoms with E-state index < -0.39 is 0 Å². The van der Waals surface area contributed by atoms with Crippen LogP contribution in [0.3, 0.4) is 0 Å². The predicted octanol–water partition coefficient (Wildman–Crippen LogP) is -0.656.